The average molecular weight is 249 g/mol. The molecule has 1 saturated carbocycles. The van der Waals surface area contributed by atoms with Crippen LogP contribution in [-0.2, 0) is 0 Å². The summed E-state index contributed by atoms with van der Waals surface area (Å²) >= 11 is 0. The molecule has 3 N–H and O–H groups in total. The van der Waals surface area contributed by atoms with E-state index in [-0.39, 0.29) is 0 Å². The summed E-state index contributed by atoms with van der Waals surface area (Å²) in [5.41, 5.74) is 6.46. The number of nitrogen functional groups attached to an aromatic ring is 1. The first kappa shape index (κ1) is 13.0. The molecule has 1 atom stereocenters. The van der Waals surface area contributed by atoms with Gasteiger partial charge >= 0.3 is 0 Å². The van der Waals surface area contributed by atoms with Crippen molar-refractivity contribution in [1.29, 1.82) is 0 Å². The number of aromatic nitrogens is 1. The van der Waals surface area contributed by atoms with Crippen molar-refractivity contribution in [2.45, 2.75) is 39.7 Å². The molecule has 1 unspecified atom stereocenters. The molecule has 2 rings (SSSR count). The quantitative estimate of drug-likeness (QED) is 0.813. The molecular weight excluding hydrogens is 226 g/mol. The van der Waals surface area contributed by atoms with E-state index < -0.39 is 0 Å². The van der Waals surface area contributed by atoms with Crippen molar-refractivity contribution in [3.05, 3.63) is 12.1 Å². The van der Waals surface area contributed by atoms with Gasteiger partial charge in [-0.05, 0) is 43.7 Å². The van der Waals surface area contributed by atoms with Gasteiger partial charge in [0.1, 0.15) is 5.82 Å². The normalized spacial score (nSPS) is 16.7. The van der Waals surface area contributed by atoms with E-state index in [1.54, 1.807) is 0 Å². The van der Waals surface area contributed by atoms with Crippen LogP contribution >= 0.6 is 0 Å². The van der Waals surface area contributed by atoms with E-state index in [1.807, 2.05) is 12.1 Å². The number of nitrogens with zero attached hydrogens (tertiary/aromatic N) is 1. The number of rotatable bonds is 6. The Balaban J connectivity index is 2.00. The standard InChI is InChI=1S/C14H23N3O/c1-9(2)8-18-14-12(15)6-7-13(17-14)16-10(3)11-4-5-11/h6-7,9-11H,4-5,8,15H2,1-3H3,(H,16,17). The van der Waals surface area contributed by atoms with Gasteiger partial charge in [-0.3, -0.25) is 0 Å². The first-order valence-corrected chi connectivity index (χ1v) is 6.72. The molecule has 1 aromatic rings. The van der Waals surface area contributed by atoms with Crippen LogP contribution in [0.15, 0.2) is 12.1 Å². The van der Waals surface area contributed by atoms with Crippen LogP contribution in [0.3, 0.4) is 0 Å². The Bertz CT molecular complexity index is 402. The van der Waals surface area contributed by atoms with E-state index in [0.29, 0.717) is 30.1 Å². The Kier molecular flexibility index (Phi) is 3.94. The third-order valence-corrected chi connectivity index (χ3v) is 3.15. The van der Waals surface area contributed by atoms with Crippen molar-refractivity contribution < 1.29 is 4.74 Å². The van der Waals surface area contributed by atoms with E-state index in [4.69, 9.17) is 10.5 Å². The largest absolute Gasteiger partial charge is 0.476 e. The summed E-state index contributed by atoms with van der Waals surface area (Å²) in [5.74, 6) is 2.65. The lowest BCUT2D eigenvalue weighted by Gasteiger charge is -2.15. The third kappa shape index (κ3) is 3.52. The van der Waals surface area contributed by atoms with Gasteiger partial charge in [0.25, 0.3) is 0 Å². The Labute approximate surface area is 109 Å². The van der Waals surface area contributed by atoms with Crippen LogP contribution in [-0.4, -0.2) is 17.6 Å². The Morgan fingerprint density at radius 1 is 1.39 bits per heavy atom. The zero-order valence-electron chi connectivity index (χ0n) is 11.4. The Morgan fingerprint density at radius 3 is 2.72 bits per heavy atom. The molecule has 0 radical (unpaired) electrons. The second-order valence-electron chi connectivity index (χ2n) is 5.57. The number of hydrogen-bond acceptors (Lipinski definition) is 4. The smallest absolute Gasteiger partial charge is 0.239 e. The molecule has 0 saturated heterocycles. The van der Waals surface area contributed by atoms with Crippen LogP contribution in [0.5, 0.6) is 5.88 Å². The predicted octanol–water partition coefficient (Wildman–Crippen LogP) is 2.91. The maximum absolute atomic E-state index is 5.86. The van der Waals surface area contributed by atoms with Crippen molar-refractivity contribution in [3.63, 3.8) is 0 Å². The minimum atomic E-state index is 0.466. The fraction of sp³-hybridized carbons (Fsp3) is 0.643. The van der Waals surface area contributed by atoms with Crippen molar-refractivity contribution in [2.24, 2.45) is 11.8 Å². The molecule has 1 fully saturated rings. The molecular formula is C14H23N3O. The Morgan fingerprint density at radius 2 is 2.11 bits per heavy atom. The summed E-state index contributed by atoms with van der Waals surface area (Å²) in [6.45, 7) is 7.05. The maximum atomic E-state index is 5.86. The van der Waals surface area contributed by atoms with Crippen LogP contribution in [0.2, 0.25) is 0 Å². The highest BCUT2D eigenvalue weighted by Crippen LogP contribution is 2.34. The van der Waals surface area contributed by atoms with Gasteiger partial charge in [0.15, 0.2) is 0 Å². The molecule has 4 nitrogen and oxygen atoms in total. The number of ether oxygens (including phenoxy) is 1. The first-order valence-electron chi connectivity index (χ1n) is 6.72. The van der Waals surface area contributed by atoms with Gasteiger partial charge in [-0.15, -0.1) is 0 Å². The molecule has 4 heteroatoms. The number of anilines is 2. The van der Waals surface area contributed by atoms with Crippen molar-refractivity contribution in [1.82, 2.24) is 4.98 Å². The van der Waals surface area contributed by atoms with Crippen LogP contribution < -0.4 is 15.8 Å². The summed E-state index contributed by atoms with van der Waals surface area (Å²) in [6.07, 6.45) is 2.64. The van der Waals surface area contributed by atoms with Crippen LogP contribution in [0, 0.1) is 11.8 Å². The fourth-order valence-electron chi connectivity index (χ4n) is 1.84. The highest BCUT2D eigenvalue weighted by Gasteiger charge is 2.28. The third-order valence-electron chi connectivity index (χ3n) is 3.15. The van der Waals surface area contributed by atoms with Gasteiger partial charge in [0, 0.05) is 6.04 Å². The van der Waals surface area contributed by atoms with Crippen molar-refractivity contribution in [3.8, 4) is 5.88 Å². The lowest BCUT2D eigenvalue weighted by molar-refractivity contribution is 0.263. The Hall–Kier alpha value is -1.45. The summed E-state index contributed by atoms with van der Waals surface area (Å²) in [7, 11) is 0. The minimum absolute atomic E-state index is 0.466. The first-order chi connectivity index (χ1) is 8.56. The minimum Gasteiger partial charge on any atom is -0.476 e. The number of nitrogens with two attached hydrogens (primary N) is 1. The lowest BCUT2D eigenvalue weighted by atomic mass is 10.2. The maximum Gasteiger partial charge on any atom is 0.239 e. The molecule has 0 amide bonds. The zero-order chi connectivity index (χ0) is 13.1. The van der Waals surface area contributed by atoms with Gasteiger partial charge in [0.05, 0.1) is 12.3 Å². The second-order valence-corrected chi connectivity index (χ2v) is 5.57. The number of pyridine rings is 1. The topological polar surface area (TPSA) is 60.2 Å². The summed E-state index contributed by atoms with van der Waals surface area (Å²) in [6, 6.07) is 4.24. The van der Waals surface area contributed by atoms with Gasteiger partial charge < -0.3 is 15.8 Å². The predicted molar refractivity (Wildman–Crippen MR) is 74.8 cm³/mol. The highest BCUT2D eigenvalue weighted by molar-refractivity contribution is 5.53. The molecule has 0 aliphatic heterocycles. The molecule has 1 aromatic heterocycles. The number of nitrogens with one attached hydrogen (secondary N) is 1. The average Bonchev–Trinajstić information content (AvgIpc) is 3.13. The van der Waals surface area contributed by atoms with E-state index >= 15 is 0 Å². The molecule has 0 spiro atoms. The summed E-state index contributed by atoms with van der Waals surface area (Å²) < 4.78 is 5.62. The molecule has 1 aliphatic rings. The molecule has 18 heavy (non-hydrogen) atoms. The van der Waals surface area contributed by atoms with Gasteiger partial charge in [-0.1, -0.05) is 13.8 Å². The van der Waals surface area contributed by atoms with E-state index in [9.17, 15) is 0 Å². The number of hydrogen-bond donors (Lipinski definition) is 2. The summed E-state index contributed by atoms with van der Waals surface area (Å²) in [5, 5.41) is 3.41. The fourth-order valence-corrected chi connectivity index (χ4v) is 1.84. The molecule has 0 aromatic carbocycles. The van der Waals surface area contributed by atoms with E-state index in [0.717, 1.165) is 11.7 Å². The monoisotopic (exact) mass is 249 g/mol. The lowest BCUT2D eigenvalue weighted by Crippen LogP contribution is -2.18. The van der Waals surface area contributed by atoms with E-state index in [1.165, 1.54) is 12.8 Å². The molecule has 1 heterocycles. The van der Waals surface area contributed by atoms with Crippen molar-refractivity contribution >= 4 is 11.5 Å². The second kappa shape index (κ2) is 5.46. The van der Waals surface area contributed by atoms with Gasteiger partial charge in [-0.2, -0.15) is 4.98 Å². The van der Waals surface area contributed by atoms with Gasteiger partial charge in [-0.25, -0.2) is 0 Å². The summed E-state index contributed by atoms with van der Waals surface area (Å²) in [4.78, 5) is 4.44. The van der Waals surface area contributed by atoms with Crippen LogP contribution in [0.25, 0.3) is 0 Å². The molecule has 0 bridgehead atoms. The van der Waals surface area contributed by atoms with Crippen LogP contribution in [0.4, 0.5) is 11.5 Å². The van der Waals surface area contributed by atoms with Crippen LogP contribution in [0.1, 0.15) is 33.6 Å². The van der Waals surface area contributed by atoms with Gasteiger partial charge in [0.2, 0.25) is 5.88 Å². The molecule has 100 valence electrons. The van der Waals surface area contributed by atoms with Crippen molar-refractivity contribution in [2.75, 3.05) is 17.7 Å². The van der Waals surface area contributed by atoms with E-state index in [2.05, 4.69) is 31.1 Å². The molecule has 1 aliphatic carbocycles. The SMILES string of the molecule is CC(C)COc1nc(NC(C)C2CC2)ccc1N. The zero-order valence-corrected chi connectivity index (χ0v) is 11.4. The highest BCUT2D eigenvalue weighted by atomic mass is 16.5.